The molecule has 0 aromatic heterocycles. The molecule has 0 spiro atoms. The average molecular weight is 305 g/mol. The van der Waals surface area contributed by atoms with E-state index < -0.39 is 11.7 Å². The smallest absolute Gasteiger partial charge is 0.311 e. The van der Waals surface area contributed by atoms with E-state index in [0.29, 0.717) is 11.3 Å². The molecule has 2 nitrogen and oxygen atoms in total. The molecule has 0 fully saturated rings. The van der Waals surface area contributed by atoms with Gasteiger partial charge in [-0.25, -0.2) is 0 Å². The highest BCUT2D eigenvalue weighted by molar-refractivity contribution is 6.05. The largest absolute Gasteiger partial charge is 0.416 e. The van der Waals surface area contributed by atoms with Crippen LogP contribution in [0.1, 0.15) is 21.5 Å². The van der Waals surface area contributed by atoms with E-state index in [9.17, 15) is 18.0 Å². The lowest BCUT2D eigenvalue weighted by atomic mass is 10.1. The van der Waals surface area contributed by atoms with Crippen LogP contribution in [0.4, 0.5) is 18.9 Å². The van der Waals surface area contributed by atoms with Crippen LogP contribution in [0.15, 0.2) is 55.1 Å². The number of hydrogen-bond donors (Lipinski definition) is 0. The van der Waals surface area contributed by atoms with E-state index in [-0.39, 0.29) is 5.91 Å². The molecule has 0 aliphatic carbocycles. The number of halogens is 3. The van der Waals surface area contributed by atoms with Crippen LogP contribution in [0.2, 0.25) is 0 Å². The summed E-state index contributed by atoms with van der Waals surface area (Å²) in [6.45, 7) is 3.63. The molecule has 0 aliphatic rings. The van der Waals surface area contributed by atoms with Gasteiger partial charge >= 0.3 is 6.18 Å². The van der Waals surface area contributed by atoms with Gasteiger partial charge in [0, 0.05) is 18.3 Å². The Balaban J connectivity index is 2.21. The van der Waals surface area contributed by atoms with E-state index in [4.69, 9.17) is 0 Å². The predicted octanol–water partition coefficient (Wildman–Crippen LogP) is 4.63. The molecule has 114 valence electrons. The summed E-state index contributed by atoms with van der Waals surface area (Å²) in [4.78, 5) is 13.6. The number of benzene rings is 2. The van der Waals surface area contributed by atoms with Gasteiger partial charge in [0.1, 0.15) is 0 Å². The minimum Gasteiger partial charge on any atom is -0.311 e. The molecule has 0 unspecified atom stereocenters. The Morgan fingerprint density at radius 1 is 1.05 bits per heavy atom. The summed E-state index contributed by atoms with van der Waals surface area (Å²) < 4.78 is 37.6. The van der Waals surface area contributed by atoms with Crippen LogP contribution in [-0.4, -0.2) is 13.0 Å². The van der Waals surface area contributed by atoms with E-state index in [1.807, 2.05) is 0 Å². The van der Waals surface area contributed by atoms with Crippen molar-refractivity contribution in [3.8, 4) is 0 Å². The number of anilines is 1. The van der Waals surface area contributed by atoms with Crippen molar-refractivity contribution in [2.45, 2.75) is 6.18 Å². The number of amides is 1. The summed E-state index contributed by atoms with van der Waals surface area (Å²) >= 11 is 0. The van der Waals surface area contributed by atoms with Gasteiger partial charge in [0.15, 0.2) is 0 Å². The number of rotatable bonds is 3. The molecular formula is C17H14F3NO. The molecule has 2 rings (SSSR count). The van der Waals surface area contributed by atoms with Crippen molar-refractivity contribution in [3.05, 3.63) is 71.8 Å². The Kier molecular flexibility index (Phi) is 4.35. The van der Waals surface area contributed by atoms with Gasteiger partial charge in [-0.3, -0.25) is 4.79 Å². The molecule has 2 aromatic rings. The van der Waals surface area contributed by atoms with Gasteiger partial charge < -0.3 is 4.90 Å². The number of nitrogens with zero attached hydrogens (tertiary/aromatic N) is 1. The first-order valence-corrected chi connectivity index (χ1v) is 6.51. The first kappa shape index (κ1) is 15.8. The number of carbonyl (C=O) groups is 1. The van der Waals surface area contributed by atoms with E-state index >= 15 is 0 Å². The summed E-state index contributed by atoms with van der Waals surface area (Å²) in [5, 5.41) is 0. The van der Waals surface area contributed by atoms with Crippen LogP contribution in [0, 0.1) is 0 Å². The zero-order chi connectivity index (χ0) is 16.3. The van der Waals surface area contributed by atoms with Crippen LogP contribution in [0.3, 0.4) is 0 Å². The van der Waals surface area contributed by atoms with Crippen molar-refractivity contribution in [2.24, 2.45) is 0 Å². The van der Waals surface area contributed by atoms with Gasteiger partial charge in [0.25, 0.3) is 5.91 Å². The van der Waals surface area contributed by atoms with Crippen molar-refractivity contribution in [3.63, 3.8) is 0 Å². The molecule has 5 heteroatoms. The topological polar surface area (TPSA) is 20.3 Å². The quantitative estimate of drug-likeness (QED) is 0.810. The van der Waals surface area contributed by atoms with Crippen molar-refractivity contribution in [1.29, 1.82) is 0 Å². The van der Waals surface area contributed by atoms with Gasteiger partial charge in [-0.2, -0.15) is 13.2 Å². The van der Waals surface area contributed by atoms with Crippen LogP contribution in [0.25, 0.3) is 6.08 Å². The maximum Gasteiger partial charge on any atom is 0.416 e. The van der Waals surface area contributed by atoms with E-state index in [2.05, 4.69) is 6.58 Å². The van der Waals surface area contributed by atoms with Gasteiger partial charge in [-0.1, -0.05) is 24.8 Å². The Labute approximate surface area is 126 Å². The summed E-state index contributed by atoms with van der Waals surface area (Å²) in [5.41, 5.74) is 0.986. The molecule has 22 heavy (non-hydrogen) atoms. The second-order valence-corrected chi connectivity index (χ2v) is 4.73. The Hall–Kier alpha value is -2.56. The minimum atomic E-state index is -4.39. The van der Waals surface area contributed by atoms with Crippen LogP contribution in [0.5, 0.6) is 0 Å². The number of alkyl halides is 3. The second kappa shape index (κ2) is 6.05. The minimum absolute atomic E-state index is 0.296. The van der Waals surface area contributed by atoms with Crippen LogP contribution >= 0.6 is 0 Å². The number of hydrogen-bond acceptors (Lipinski definition) is 1. The maximum atomic E-state index is 12.5. The fourth-order valence-electron chi connectivity index (χ4n) is 1.95. The highest BCUT2D eigenvalue weighted by Gasteiger charge is 2.30. The standard InChI is InChI=1S/C17H14F3NO/c1-3-12-4-6-13(7-5-12)16(22)21(2)15-10-8-14(9-11-15)17(18,19)20/h3-11H,1H2,2H3. The lowest BCUT2D eigenvalue weighted by Gasteiger charge is -2.18. The Morgan fingerprint density at radius 3 is 2.05 bits per heavy atom. The summed E-state index contributed by atoms with van der Waals surface area (Å²) in [7, 11) is 1.52. The van der Waals surface area contributed by atoms with Crippen LogP contribution < -0.4 is 4.90 Å². The monoisotopic (exact) mass is 305 g/mol. The van der Waals surface area contributed by atoms with E-state index in [1.54, 1.807) is 30.3 Å². The first-order chi connectivity index (χ1) is 10.3. The highest BCUT2D eigenvalue weighted by Crippen LogP contribution is 2.30. The fourth-order valence-corrected chi connectivity index (χ4v) is 1.95. The molecular weight excluding hydrogens is 291 g/mol. The molecule has 1 amide bonds. The van der Waals surface area contributed by atoms with Crippen LogP contribution in [-0.2, 0) is 6.18 Å². The zero-order valence-corrected chi connectivity index (χ0v) is 11.9. The van der Waals surface area contributed by atoms with E-state index in [0.717, 1.165) is 17.7 Å². The van der Waals surface area contributed by atoms with Crippen molar-refractivity contribution in [2.75, 3.05) is 11.9 Å². The van der Waals surface area contributed by atoms with Crippen molar-refractivity contribution >= 4 is 17.7 Å². The summed E-state index contributed by atoms with van der Waals surface area (Å²) in [6, 6.07) is 11.3. The fraction of sp³-hybridized carbons (Fsp3) is 0.118. The first-order valence-electron chi connectivity index (χ1n) is 6.51. The highest BCUT2D eigenvalue weighted by atomic mass is 19.4. The molecule has 0 saturated carbocycles. The van der Waals surface area contributed by atoms with Gasteiger partial charge in [0.05, 0.1) is 5.56 Å². The molecule has 0 N–H and O–H groups in total. The third-order valence-corrected chi connectivity index (χ3v) is 3.28. The van der Waals surface area contributed by atoms with Gasteiger partial charge in [-0.15, -0.1) is 0 Å². The molecule has 0 radical (unpaired) electrons. The van der Waals surface area contributed by atoms with Gasteiger partial charge in [-0.05, 0) is 42.0 Å². The predicted molar refractivity (Wildman–Crippen MR) is 80.7 cm³/mol. The molecule has 2 aromatic carbocycles. The van der Waals surface area contributed by atoms with Crippen molar-refractivity contribution in [1.82, 2.24) is 0 Å². The molecule has 0 bridgehead atoms. The number of carbonyl (C=O) groups excluding carboxylic acids is 1. The summed E-state index contributed by atoms with van der Waals surface area (Å²) in [5.74, 6) is -0.296. The van der Waals surface area contributed by atoms with Gasteiger partial charge in [0.2, 0.25) is 0 Å². The average Bonchev–Trinajstić information content (AvgIpc) is 2.53. The Bertz CT molecular complexity index is 673. The third-order valence-electron chi connectivity index (χ3n) is 3.28. The zero-order valence-electron chi connectivity index (χ0n) is 11.9. The second-order valence-electron chi connectivity index (χ2n) is 4.73. The lowest BCUT2D eigenvalue weighted by molar-refractivity contribution is -0.137. The molecule has 0 atom stereocenters. The SMILES string of the molecule is C=Cc1ccc(C(=O)N(C)c2ccc(C(F)(F)F)cc2)cc1. The molecule has 0 heterocycles. The molecule has 0 aliphatic heterocycles. The molecule has 0 saturated heterocycles. The third kappa shape index (κ3) is 3.36. The van der Waals surface area contributed by atoms with E-state index in [1.165, 1.54) is 24.1 Å². The lowest BCUT2D eigenvalue weighted by Crippen LogP contribution is -2.26. The normalized spacial score (nSPS) is 11.1. The Morgan fingerprint density at radius 2 is 1.59 bits per heavy atom. The summed E-state index contributed by atoms with van der Waals surface area (Å²) in [6.07, 6.45) is -2.73. The van der Waals surface area contributed by atoms with Crippen molar-refractivity contribution < 1.29 is 18.0 Å². The maximum absolute atomic E-state index is 12.5.